The number of nitrogens with one attached hydrogen (secondary N) is 1. The average molecular weight is 352 g/mol. The molecule has 0 radical (unpaired) electrons. The SMILES string of the molecule is CC(=O)Nc1ccc2nc(CN3CCCC(N4CCCC4)C3)ccc2c1. The Morgan fingerprint density at radius 1 is 1.15 bits per heavy atom. The van der Waals surface area contributed by atoms with Crippen molar-refractivity contribution >= 4 is 22.5 Å². The van der Waals surface area contributed by atoms with Crippen LogP contribution in [-0.4, -0.2) is 52.9 Å². The van der Waals surface area contributed by atoms with Crippen molar-refractivity contribution in [2.75, 3.05) is 31.5 Å². The van der Waals surface area contributed by atoms with Crippen LogP contribution in [0, 0.1) is 0 Å². The van der Waals surface area contributed by atoms with E-state index in [-0.39, 0.29) is 5.91 Å². The second kappa shape index (κ2) is 7.72. The van der Waals surface area contributed by atoms with E-state index in [9.17, 15) is 4.79 Å². The summed E-state index contributed by atoms with van der Waals surface area (Å²) in [5, 5.41) is 3.89. The number of nitrogens with zero attached hydrogens (tertiary/aromatic N) is 3. The number of hydrogen-bond donors (Lipinski definition) is 1. The van der Waals surface area contributed by atoms with Crippen molar-refractivity contribution in [3.05, 3.63) is 36.0 Å². The van der Waals surface area contributed by atoms with Crippen molar-refractivity contribution in [3.8, 4) is 0 Å². The number of likely N-dealkylation sites (tertiary alicyclic amines) is 2. The molecule has 0 spiro atoms. The third-order valence-electron chi connectivity index (χ3n) is 5.59. The van der Waals surface area contributed by atoms with Crippen molar-refractivity contribution in [1.82, 2.24) is 14.8 Å². The number of carbonyl (C=O) groups is 1. The quantitative estimate of drug-likeness (QED) is 0.918. The van der Waals surface area contributed by atoms with Crippen LogP contribution in [0.25, 0.3) is 10.9 Å². The second-order valence-electron chi connectivity index (χ2n) is 7.67. The zero-order chi connectivity index (χ0) is 17.9. The standard InChI is InChI=1S/C21H28N4O/c1-16(26)22-18-8-9-21-17(13-18)6-7-19(23-21)14-24-10-4-5-20(15-24)25-11-2-3-12-25/h6-9,13,20H,2-5,10-12,14-15H2,1H3,(H,22,26). The van der Waals surface area contributed by atoms with Gasteiger partial charge in [-0.15, -0.1) is 0 Å². The fourth-order valence-corrected chi connectivity index (χ4v) is 4.35. The number of piperidine rings is 1. The van der Waals surface area contributed by atoms with Crippen LogP contribution >= 0.6 is 0 Å². The number of carbonyl (C=O) groups excluding carboxylic acids is 1. The highest BCUT2D eigenvalue weighted by Gasteiger charge is 2.27. The first-order chi connectivity index (χ1) is 12.7. The van der Waals surface area contributed by atoms with Gasteiger partial charge in [0.05, 0.1) is 11.2 Å². The minimum Gasteiger partial charge on any atom is -0.326 e. The van der Waals surface area contributed by atoms with Gasteiger partial charge in [0.15, 0.2) is 0 Å². The predicted octanol–water partition coefficient (Wildman–Crippen LogP) is 3.25. The number of fused-ring (bicyclic) bond motifs is 1. The highest BCUT2D eigenvalue weighted by atomic mass is 16.1. The molecular weight excluding hydrogens is 324 g/mol. The molecule has 5 heteroatoms. The molecule has 0 saturated carbocycles. The van der Waals surface area contributed by atoms with E-state index >= 15 is 0 Å². The topological polar surface area (TPSA) is 48.5 Å². The van der Waals surface area contributed by atoms with Crippen LogP contribution in [0.15, 0.2) is 30.3 Å². The zero-order valence-electron chi connectivity index (χ0n) is 15.6. The van der Waals surface area contributed by atoms with Gasteiger partial charge in [-0.25, -0.2) is 0 Å². The van der Waals surface area contributed by atoms with Crippen LogP contribution in [0.5, 0.6) is 0 Å². The highest BCUT2D eigenvalue weighted by Crippen LogP contribution is 2.23. The molecule has 0 bridgehead atoms. The molecule has 5 nitrogen and oxygen atoms in total. The van der Waals surface area contributed by atoms with Crippen LogP contribution in [0.3, 0.4) is 0 Å². The summed E-state index contributed by atoms with van der Waals surface area (Å²) in [6, 6.07) is 10.9. The first kappa shape index (κ1) is 17.4. The first-order valence-corrected chi connectivity index (χ1v) is 9.81. The van der Waals surface area contributed by atoms with E-state index < -0.39 is 0 Å². The lowest BCUT2D eigenvalue weighted by molar-refractivity contribution is -0.114. The van der Waals surface area contributed by atoms with Gasteiger partial charge in [0.1, 0.15) is 0 Å². The fraction of sp³-hybridized carbons (Fsp3) is 0.524. The number of benzene rings is 1. The van der Waals surface area contributed by atoms with Crippen molar-refractivity contribution in [2.45, 2.75) is 45.2 Å². The van der Waals surface area contributed by atoms with Gasteiger partial charge in [-0.2, -0.15) is 0 Å². The van der Waals surface area contributed by atoms with Gasteiger partial charge in [0, 0.05) is 37.1 Å². The Morgan fingerprint density at radius 2 is 2.00 bits per heavy atom. The Morgan fingerprint density at radius 3 is 2.81 bits per heavy atom. The van der Waals surface area contributed by atoms with Crippen molar-refractivity contribution in [1.29, 1.82) is 0 Å². The summed E-state index contributed by atoms with van der Waals surface area (Å²) >= 11 is 0. The number of amides is 1. The summed E-state index contributed by atoms with van der Waals surface area (Å²) in [6.45, 7) is 7.35. The molecular formula is C21H28N4O. The molecule has 2 saturated heterocycles. The lowest BCUT2D eigenvalue weighted by Gasteiger charge is -2.37. The molecule has 1 N–H and O–H groups in total. The van der Waals surface area contributed by atoms with Gasteiger partial charge in [-0.1, -0.05) is 6.07 Å². The van der Waals surface area contributed by atoms with Gasteiger partial charge >= 0.3 is 0 Å². The van der Waals surface area contributed by atoms with E-state index in [1.165, 1.54) is 58.8 Å². The van der Waals surface area contributed by atoms with Crippen LogP contribution < -0.4 is 5.32 Å². The highest BCUT2D eigenvalue weighted by molar-refractivity contribution is 5.92. The van der Waals surface area contributed by atoms with Crippen molar-refractivity contribution in [2.24, 2.45) is 0 Å². The Kier molecular flexibility index (Phi) is 5.18. The number of anilines is 1. The average Bonchev–Trinajstić information content (AvgIpc) is 3.16. The summed E-state index contributed by atoms with van der Waals surface area (Å²) in [5.74, 6) is -0.0495. The van der Waals surface area contributed by atoms with Gasteiger partial charge in [0.25, 0.3) is 0 Å². The van der Waals surface area contributed by atoms with E-state index in [1.807, 2.05) is 18.2 Å². The Balaban J connectivity index is 1.44. The monoisotopic (exact) mass is 352 g/mol. The summed E-state index contributed by atoms with van der Waals surface area (Å²) in [6.07, 6.45) is 5.36. The molecule has 2 fully saturated rings. The first-order valence-electron chi connectivity index (χ1n) is 9.81. The molecule has 0 aliphatic carbocycles. The molecule has 1 atom stereocenters. The maximum absolute atomic E-state index is 11.2. The fourth-order valence-electron chi connectivity index (χ4n) is 4.35. The van der Waals surface area contributed by atoms with E-state index in [2.05, 4.69) is 27.2 Å². The van der Waals surface area contributed by atoms with Crippen LogP contribution in [0.4, 0.5) is 5.69 Å². The molecule has 1 aromatic heterocycles. The van der Waals surface area contributed by atoms with E-state index in [1.54, 1.807) is 0 Å². The lowest BCUT2D eigenvalue weighted by Crippen LogP contribution is -2.46. The molecule has 2 aromatic rings. The van der Waals surface area contributed by atoms with E-state index in [4.69, 9.17) is 4.98 Å². The van der Waals surface area contributed by atoms with Crippen molar-refractivity contribution < 1.29 is 4.79 Å². The molecule has 138 valence electrons. The number of aromatic nitrogens is 1. The van der Waals surface area contributed by atoms with Crippen molar-refractivity contribution in [3.63, 3.8) is 0 Å². The van der Waals surface area contributed by atoms with Crippen LogP contribution in [0.2, 0.25) is 0 Å². The van der Waals surface area contributed by atoms with Gasteiger partial charge in [-0.05, 0) is 69.6 Å². The van der Waals surface area contributed by atoms with Gasteiger partial charge in [-0.3, -0.25) is 19.6 Å². The summed E-state index contributed by atoms with van der Waals surface area (Å²) in [7, 11) is 0. The largest absolute Gasteiger partial charge is 0.326 e. The Bertz CT molecular complexity index is 785. The Hall–Kier alpha value is -1.98. The predicted molar refractivity (Wildman–Crippen MR) is 105 cm³/mol. The molecule has 1 aromatic carbocycles. The minimum atomic E-state index is -0.0495. The Labute approximate surface area is 155 Å². The molecule has 4 rings (SSSR count). The summed E-state index contributed by atoms with van der Waals surface area (Å²) in [4.78, 5) is 21.3. The third-order valence-corrected chi connectivity index (χ3v) is 5.59. The van der Waals surface area contributed by atoms with Gasteiger partial charge in [0.2, 0.25) is 5.91 Å². The molecule has 2 aliphatic rings. The van der Waals surface area contributed by atoms with E-state index in [0.717, 1.165) is 34.9 Å². The molecule has 2 aliphatic heterocycles. The molecule has 26 heavy (non-hydrogen) atoms. The minimum absolute atomic E-state index is 0.0495. The maximum Gasteiger partial charge on any atom is 0.221 e. The second-order valence-corrected chi connectivity index (χ2v) is 7.67. The summed E-state index contributed by atoms with van der Waals surface area (Å²) < 4.78 is 0. The lowest BCUT2D eigenvalue weighted by atomic mass is 10.0. The number of hydrogen-bond acceptors (Lipinski definition) is 4. The molecule has 1 unspecified atom stereocenters. The zero-order valence-corrected chi connectivity index (χ0v) is 15.6. The van der Waals surface area contributed by atoms with Crippen LogP contribution in [0.1, 0.15) is 38.3 Å². The smallest absolute Gasteiger partial charge is 0.221 e. The number of rotatable bonds is 4. The normalized spacial score (nSPS) is 22.0. The maximum atomic E-state index is 11.2. The number of pyridine rings is 1. The van der Waals surface area contributed by atoms with Gasteiger partial charge < -0.3 is 5.32 Å². The third kappa shape index (κ3) is 4.05. The summed E-state index contributed by atoms with van der Waals surface area (Å²) in [5.41, 5.74) is 2.94. The molecule has 3 heterocycles. The molecule has 1 amide bonds. The van der Waals surface area contributed by atoms with E-state index in [0.29, 0.717) is 0 Å². The van der Waals surface area contributed by atoms with Crippen LogP contribution in [-0.2, 0) is 11.3 Å².